The summed E-state index contributed by atoms with van der Waals surface area (Å²) in [6, 6.07) is 8.03. The number of carbonyl (C=O) groups is 2. The van der Waals surface area contributed by atoms with Crippen LogP contribution in [0.4, 0.5) is 5.69 Å². The van der Waals surface area contributed by atoms with Crippen molar-refractivity contribution in [1.82, 2.24) is 4.90 Å². The highest BCUT2D eigenvalue weighted by Crippen LogP contribution is 2.37. The minimum absolute atomic E-state index is 0.0637. The van der Waals surface area contributed by atoms with Crippen molar-refractivity contribution < 1.29 is 9.59 Å². The molecule has 0 saturated heterocycles. The summed E-state index contributed by atoms with van der Waals surface area (Å²) in [5.74, 6) is -0.0110. The van der Waals surface area contributed by atoms with E-state index in [-0.39, 0.29) is 23.5 Å². The molecule has 2 aliphatic rings. The number of hydrogen-bond donors (Lipinski definition) is 1. The molecule has 0 bridgehead atoms. The molecule has 1 heterocycles. The van der Waals surface area contributed by atoms with Gasteiger partial charge < -0.3 is 10.2 Å². The summed E-state index contributed by atoms with van der Waals surface area (Å²) < 4.78 is 0. The lowest BCUT2D eigenvalue weighted by Crippen LogP contribution is -2.44. The summed E-state index contributed by atoms with van der Waals surface area (Å²) in [4.78, 5) is 28.1. The molecule has 0 radical (unpaired) electrons. The third kappa shape index (κ3) is 3.83. The number of para-hydroxylation sites is 1. The van der Waals surface area contributed by atoms with E-state index in [1.807, 2.05) is 29.2 Å². The molecule has 1 aromatic rings. The Morgan fingerprint density at radius 2 is 2.04 bits per heavy atom. The van der Waals surface area contributed by atoms with E-state index in [9.17, 15) is 9.59 Å². The number of benzene rings is 1. The standard InChI is InChI=1S/C19H24N2O2S/c1-2-12-21(14-8-4-3-5-9-14)18(22)13-17-19(23)20-15-10-6-7-11-16(15)24-17/h2,6-7,10-11,14,17H,1,3-5,8-9,12-13H2,(H,20,23). The molecule has 5 heteroatoms. The first-order valence-electron chi connectivity index (χ1n) is 8.66. The number of nitrogens with one attached hydrogen (secondary N) is 1. The maximum atomic E-state index is 12.8. The monoisotopic (exact) mass is 344 g/mol. The van der Waals surface area contributed by atoms with Crippen molar-refractivity contribution in [3.8, 4) is 0 Å². The second-order valence-electron chi connectivity index (χ2n) is 6.42. The van der Waals surface area contributed by atoms with Gasteiger partial charge in [0, 0.05) is 23.9 Å². The normalized spacial score (nSPS) is 20.8. The van der Waals surface area contributed by atoms with Crippen molar-refractivity contribution in [2.24, 2.45) is 0 Å². The van der Waals surface area contributed by atoms with Crippen LogP contribution in [0.25, 0.3) is 0 Å². The lowest BCUT2D eigenvalue weighted by Gasteiger charge is -2.35. The zero-order valence-corrected chi connectivity index (χ0v) is 14.7. The molecule has 2 amide bonds. The van der Waals surface area contributed by atoms with Crippen molar-refractivity contribution in [3.05, 3.63) is 36.9 Å². The predicted molar refractivity (Wildman–Crippen MR) is 98.1 cm³/mol. The zero-order valence-electron chi connectivity index (χ0n) is 13.9. The summed E-state index contributed by atoms with van der Waals surface area (Å²) >= 11 is 1.49. The van der Waals surface area contributed by atoms with Crippen molar-refractivity contribution in [2.75, 3.05) is 11.9 Å². The number of nitrogens with zero attached hydrogens (tertiary/aromatic N) is 1. The number of amides is 2. The summed E-state index contributed by atoms with van der Waals surface area (Å²) in [7, 11) is 0. The van der Waals surface area contributed by atoms with Crippen molar-refractivity contribution >= 4 is 29.3 Å². The van der Waals surface area contributed by atoms with E-state index in [1.54, 1.807) is 6.08 Å². The largest absolute Gasteiger partial charge is 0.336 e. The molecule has 1 atom stereocenters. The van der Waals surface area contributed by atoms with Gasteiger partial charge in [-0.25, -0.2) is 0 Å². The molecule has 1 aliphatic heterocycles. The first kappa shape index (κ1) is 17.1. The maximum absolute atomic E-state index is 12.8. The Kier molecular flexibility index (Phi) is 5.61. The molecule has 1 aromatic carbocycles. The smallest absolute Gasteiger partial charge is 0.238 e. The van der Waals surface area contributed by atoms with Crippen LogP contribution >= 0.6 is 11.8 Å². The highest BCUT2D eigenvalue weighted by molar-refractivity contribution is 8.01. The van der Waals surface area contributed by atoms with Crippen molar-refractivity contribution in [1.29, 1.82) is 0 Å². The Morgan fingerprint density at radius 3 is 2.79 bits per heavy atom. The average molecular weight is 344 g/mol. The van der Waals surface area contributed by atoms with Gasteiger partial charge in [0.1, 0.15) is 0 Å². The number of carbonyl (C=O) groups excluding carboxylic acids is 2. The SMILES string of the molecule is C=CCN(C(=O)CC1Sc2ccccc2NC1=O)C1CCCCC1. The Hall–Kier alpha value is -1.75. The molecule has 0 spiro atoms. The number of anilines is 1. The number of hydrogen-bond acceptors (Lipinski definition) is 3. The van der Waals surface area contributed by atoms with Gasteiger partial charge >= 0.3 is 0 Å². The average Bonchev–Trinajstić information content (AvgIpc) is 2.61. The van der Waals surface area contributed by atoms with Crippen molar-refractivity contribution in [3.63, 3.8) is 0 Å². The molecule has 0 aromatic heterocycles. The van der Waals surface area contributed by atoms with Crippen LogP contribution in [0.1, 0.15) is 38.5 Å². The second-order valence-corrected chi connectivity index (χ2v) is 7.67. The van der Waals surface area contributed by atoms with Gasteiger partial charge in [0.15, 0.2) is 0 Å². The van der Waals surface area contributed by atoms with E-state index in [4.69, 9.17) is 0 Å². The van der Waals surface area contributed by atoms with Gasteiger partial charge in [-0.2, -0.15) is 0 Å². The number of thioether (sulfide) groups is 1. The van der Waals surface area contributed by atoms with Gasteiger partial charge in [-0.05, 0) is 25.0 Å². The fourth-order valence-corrected chi connectivity index (χ4v) is 4.59. The Bertz CT molecular complexity index is 626. The molecule has 1 saturated carbocycles. The van der Waals surface area contributed by atoms with Gasteiger partial charge in [-0.1, -0.05) is 37.5 Å². The van der Waals surface area contributed by atoms with Crippen LogP contribution in [-0.2, 0) is 9.59 Å². The van der Waals surface area contributed by atoms with Crippen LogP contribution < -0.4 is 5.32 Å². The fraction of sp³-hybridized carbons (Fsp3) is 0.474. The van der Waals surface area contributed by atoms with Gasteiger partial charge in [0.25, 0.3) is 0 Å². The number of rotatable bonds is 5. The Morgan fingerprint density at radius 1 is 1.29 bits per heavy atom. The number of fused-ring (bicyclic) bond motifs is 1. The second kappa shape index (κ2) is 7.88. The third-order valence-corrected chi connectivity index (χ3v) is 6.00. The molecular weight excluding hydrogens is 320 g/mol. The topological polar surface area (TPSA) is 49.4 Å². The molecule has 1 N–H and O–H groups in total. The predicted octanol–water partition coefficient (Wildman–Crippen LogP) is 3.84. The van der Waals surface area contributed by atoms with E-state index >= 15 is 0 Å². The fourth-order valence-electron chi connectivity index (χ4n) is 3.49. The van der Waals surface area contributed by atoms with Crippen LogP contribution in [0.2, 0.25) is 0 Å². The van der Waals surface area contributed by atoms with Crippen LogP contribution in [0.5, 0.6) is 0 Å². The molecule has 1 unspecified atom stereocenters. The van der Waals surface area contributed by atoms with E-state index < -0.39 is 0 Å². The summed E-state index contributed by atoms with van der Waals surface area (Å²) in [6.45, 7) is 4.36. The van der Waals surface area contributed by atoms with Gasteiger partial charge in [-0.15, -0.1) is 18.3 Å². The molecular formula is C19H24N2O2S. The van der Waals surface area contributed by atoms with Gasteiger partial charge in [-0.3, -0.25) is 9.59 Å². The molecule has 1 fully saturated rings. The van der Waals surface area contributed by atoms with E-state index in [0.717, 1.165) is 23.4 Å². The summed E-state index contributed by atoms with van der Waals surface area (Å²) in [6.07, 6.45) is 7.77. The third-order valence-electron chi connectivity index (χ3n) is 4.73. The van der Waals surface area contributed by atoms with Crippen LogP contribution in [-0.4, -0.2) is 34.6 Å². The minimum atomic E-state index is -0.358. The van der Waals surface area contributed by atoms with Crippen LogP contribution in [0.15, 0.2) is 41.8 Å². The van der Waals surface area contributed by atoms with Gasteiger partial charge in [0.05, 0.1) is 10.9 Å². The first-order valence-corrected chi connectivity index (χ1v) is 9.54. The highest BCUT2D eigenvalue weighted by Gasteiger charge is 2.32. The zero-order chi connectivity index (χ0) is 16.9. The molecule has 128 valence electrons. The lowest BCUT2D eigenvalue weighted by atomic mass is 9.94. The molecule has 3 rings (SSSR count). The molecule has 4 nitrogen and oxygen atoms in total. The summed E-state index contributed by atoms with van der Waals surface area (Å²) in [5.41, 5.74) is 0.839. The maximum Gasteiger partial charge on any atom is 0.238 e. The van der Waals surface area contributed by atoms with Gasteiger partial charge in [0.2, 0.25) is 11.8 Å². The van der Waals surface area contributed by atoms with Crippen LogP contribution in [0, 0.1) is 0 Å². The summed E-state index contributed by atoms with van der Waals surface area (Å²) in [5, 5.41) is 2.56. The lowest BCUT2D eigenvalue weighted by molar-refractivity contribution is -0.134. The van der Waals surface area contributed by atoms with E-state index in [2.05, 4.69) is 11.9 Å². The Balaban J connectivity index is 1.68. The minimum Gasteiger partial charge on any atom is -0.336 e. The quantitative estimate of drug-likeness (QED) is 0.826. The molecule has 1 aliphatic carbocycles. The highest BCUT2D eigenvalue weighted by atomic mass is 32.2. The van der Waals surface area contributed by atoms with E-state index in [1.165, 1.54) is 31.0 Å². The Labute approximate surface area is 147 Å². The molecule has 24 heavy (non-hydrogen) atoms. The van der Waals surface area contributed by atoms with Crippen LogP contribution in [0.3, 0.4) is 0 Å². The van der Waals surface area contributed by atoms with Crippen molar-refractivity contribution in [2.45, 2.75) is 54.7 Å². The first-order chi connectivity index (χ1) is 11.7. The van der Waals surface area contributed by atoms with E-state index in [0.29, 0.717) is 12.6 Å².